The molecule has 0 atom stereocenters. The summed E-state index contributed by atoms with van der Waals surface area (Å²) in [5, 5.41) is 1.87. The van der Waals surface area contributed by atoms with Crippen LogP contribution in [0.25, 0.3) is 0 Å². The number of ketones is 1. The quantitative estimate of drug-likeness (QED) is 0.747. The van der Waals surface area contributed by atoms with Crippen LogP contribution in [0.4, 0.5) is 0 Å². The van der Waals surface area contributed by atoms with Crippen LogP contribution in [0.5, 0.6) is 5.75 Å². The highest BCUT2D eigenvalue weighted by Gasteiger charge is 2.11. The van der Waals surface area contributed by atoms with Crippen molar-refractivity contribution in [3.05, 3.63) is 50.6 Å². The van der Waals surface area contributed by atoms with Gasteiger partial charge in [-0.3, -0.25) is 4.79 Å². The van der Waals surface area contributed by atoms with E-state index in [9.17, 15) is 4.79 Å². The molecule has 0 N–H and O–H groups in total. The van der Waals surface area contributed by atoms with E-state index in [-0.39, 0.29) is 12.4 Å². The molecule has 0 saturated heterocycles. The first kappa shape index (κ1) is 14.2. The summed E-state index contributed by atoms with van der Waals surface area (Å²) in [4.78, 5) is 12.6. The molecule has 1 heterocycles. The van der Waals surface area contributed by atoms with Crippen molar-refractivity contribution < 1.29 is 14.3 Å². The fraction of sp³-hybridized carbons (Fsp3) is 0.214. The Balaban J connectivity index is 1.86. The van der Waals surface area contributed by atoms with Crippen molar-refractivity contribution in [3.8, 4) is 5.75 Å². The van der Waals surface area contributed by atoms with Gasteiger partial charge in [0.25, 0.3) is 0 Å². The summed E-state index contributed by atoms with van der Waals surface area (Å²) in [5.74, 6) is 0.776. The normalized spacial score (nSPS) is 10.4. The zero-order valence-corrected chi connectivity index (χ0v) is 12.8. The first-order chi connectivity index (χ1) is 9.20. The van der Waals surface area contributed by atoms with Crippen molar-refractivity contribution in [1.82, 2.24) is 0 Å². The van der Waals surface area contributed by atoms with E-state index >= 15 is 0 Å². The van der Waals surface area contributed by atoms with Crippen LogP contribution in [0.1, 0.15) is 15.2 Å². The molecule has 1 aromatic heterocycles. The fourth-order valence-corrected chi connectivity index (χ4v) is 3.10. The molecule has 0 radical (unpaired) electrons. The number of hydrogen-bond donors (Lipinski definition) is 0. The van der Waals surface area contributed by atoms with Gasteiger partial charge in [-0.15, -0.1) is 11.3 Å². The molecule has 0 saturated carbocycles. The molecule has 1 aromatic carbocycles. The highest BCUT2D eigenvalue weighted by atomic mass is 79.9. The molecule has 0 bridgehead atoms. The summed E-state index contributed by atoms with van der Waals surface area (Å²) in [6.07, 6.45) is 0. The van der Waals surface area contributed by atoms with Crippen LogP contribution in [-0.2, 0) is 11.3 Å². The highest BCUT2D eigenvalue weighted by Crippen LogP contribution is 2.23. The molecule has 0 aliphatic rings. The van der Waals surface area contributed by atoms with Gasteiger partial charge in [0.15, 0.2) is 5.78 Å². The number of ether oxygens (including phenoxy) is 2. The van der Waals surface area contributed by atoms with Crippen LogP contribution in [0.2, 0.25) is 0 Å². The molecule has 100 valence electrons. The van der Waals surface area contributed by atoms with Gasteiger partial charge in [0.1, 0.15) is 12.4 Å². The van der Waals surface area contributed by atoms with E-state index in [0.717, 1.165) is 15.8 Å². The van der Waals surface area contributed by atoms with Gasteiger partial charge in [-0.25, -0.2) is 0 Å². The van der Waals surface area contributed by atoms with Crippen molar-refractivity contribution in [2.24, 2.45) is 0 Å². The second kappa shape index (κ2) is 6.84. The number of rotatable bonds is 6. The third-order valence-electron chi connectivity index (χ3n) is 2.51. The van der Waals surface area contributed by atoms with Crippen LogP contribution >= 0.6 is 27.3 Å². The molecule has 2 rings (SSSR count). The SMILES string of the molecule is COc1cccc(COCC(=O)c2sccc2Br)c1. The lowest BCUT2D eigenvalue weighted by molar-refractivity contribution is 0.0729. The number of carbonyl (C=O) groups excluding carboxylic acids is 1. The maximum absolute atomic E-state index is 11.9. The highest BCUT2D eigenvalue weighted by molar-refractivity contribution is 9.10. The Morgan fingerprint density at radius 2 is 2.21 bits per heavy atom. The Morgan fingerprint density at radius 3 is 2.89 bits per heavy atom. The van der Waals surface area contributed by atoms with Gasteiger partial charge in [-0.2, -0.15) is 0 Å². The standard InChI is InChI=1S/C14H13BrO3S/c1-17-11-4-2-3-10(7-11)8-18-9-13(16)14-12(15)5-6-19-14/h2-7H,8-9H2,1H3. The largest absolute Gasteiger partial charge is 0.497 e. The molecule has 19 heavy (non-hydrogen) atoms. The molecule has 2 aromatic rings. The molecule has 0 amide bonds. The molecular weight excluding hydrogens is 328 g/mol. The van der Waals surface area contributed by atoms with Crippen LogP contribution in [-0.4, -0.2) is 19.5 Å². The first-order valence-corrected chi connectivity index (χ1v) is 7.35. The predicted molar refractivity (Wildman–Crippen MR) is 79.0 cm³/mol. The van der Waals surface area contributed by atoms with E-state index in [4.69, 9.17) is 9.47 Å². The Morgan fingerprint density at radius 1 is 1.37 bits per heavy atom. The van der Waals surface area contributed by atoms with E-state index in [0.29, 0.717) is 11.5 Å². The lowest BCUT2D eigenvalue weighted by Gasteiger charge is -2.05. The summed E-state index contributed by atoms with van der Waals surface area (Å²) in [6.45, 7) is 0.474. The summed E-state index contributed by atoms with van der Waals surface area (Å²) in [5.41, 5.74) is 0.984. The topological polar surface area (TPSA) is 35.5 Å². The van der Waals surface area contributed by atoms with Gasteiger partial charge in [0.2, 0.25) is 0 Å². The lowest BCUT2D eigenvalue weighted by atomic mass is 10.2. The minimum Gasteiger partial charge on any atom is -0.497 e. The van der Waals surface area contributed by atoms with E-state index in [1.54, 1.807) is 7.11 Å². The van der Waals surface area contributed by atoms with E-state index in [2.05, 4.69) is 15.9 Å². The van der Waals surface area contributed by atoms with Crippen molar-refractivity contribution in [2.75, 3.05) is 13.7 Å². The molecule has 0 spiro atoms. The Hall–Kier alpha value is -1.17. The maximum atomic E-state index is 11.9. The van der Waals surface area contributed by atoms with Crippen LogP contribution in [0.3, 0.4) is 0 Å². The predicted octanol–water partition coefficient (Wildman–Crippen LogP) is 3.92. The number of halogens is 1. The van der Waals surface area contributed by atoms with Gasteiger partial charge < -0.3 is 9.47 Å². The number of hydrogen-bond acceptors (Lipinski definition) is 4. The van der Waals surface area contributed by atoms with E-state index in [1.807, 2.05) is 35.7 Å². The lowest BCUT2D eigenvalue weighted by Crippen LogP contribution is -2.08. The second-order valence-electron chi connectivity index (χ2n) is 3.87. The van der Waals surface area contributed by atoms with Crippen molar-refractivity contribution in [1.29, 1.82) is 0 Å². The van der Waals surface area contributed by atoms with E-state index < -0.39 is 0 Å². The van der Waals surface area contributed by atoms with Crippen molar-refractivity contribution in [3.63, 3.8) is 0 Å². The summed E-state index contributed by atoms with van der Waals surface area (Å²) in [6, 6.07) is 9.46. The Kier molecular flexibility index (Phi) is 5.13. The fourth-order valence-electron chi connectivity index (χ4n) is 1.58. The minimum absolute atomic E-state index is 0.00947. The van der Waals surface area contributed by atoms with Crippen LogP contribution in [0, 0.1) is 0 Å². The minimum atomic E-state index is -0.00947. The second-order valence-corrected chi connectivity index (χ2v) is 5.64. The molecular formula is C14H13BrO3S. The summed E-state index contributed by atoms with van der Waals surface area (Å²) < 4.78 is 11.4. The van der Waals surface area contributed by atoms with Gasteiger partial charge in [-0.05, 0) is 45.1 Å². The third kappa shape index (κ3) is 3.89. The summed E-state index contributed by atoms with van der Waals surface area (Å²) >= 11 is 4.75. The zero-order chi connectivity index (χ0) is 13.7. The number of benzene rings is 1. The Labute approximate surface area is 124 Å². The number of Topliss-reactive ketones (excluding diaryl/α,β-unsaturated/α-hetero) is 1. The molecule has 3 nitrogen and oxygen atoms in total. The third-order valence-corrected chi connectivity index (χ3v) is 4.39. The van der Waals surface area contributed by atoms with Gasteiger partial charge in [-0.1, -0.05) is 12.1 Å². The first-order valence-electron chi connectivity index (χ1n) is 5.67. The average molecular weight is 341 g/mol. The van der Waals surface area contributed by atoms with Crippen molar-refractivity contribution >= 4 is 33.0 Å². The molecule has 0 fully saturated rings. The molecule has 0 aliphatic heterocycles. The van der Waals surface area contributed by atoms with Crippen LogP contribution in [0.15, 0.2) is 40.2 Å². The number of methoxy groups -OCH3 is 1. The monoisotopic (exact) mass is 340 g/mol. The van der Waals surface area contributed by atoms with Crippen LogP contribution < -0.4 is 4.74 Å². The van der Waals surface area contributed by atoms with Gasteiger partial charge in [0, 0.05) is 4.47 Å². The van der Waals surface area contributed by atoms with E-state index in [1.165, 1.54) is 11.3 Å². The number of thiophene rings is 1. The molecule has 0 unspecified atom stereocenters. The van der Waals surface area contributed by atoms with Gasteiger partial charge in [0.05, 0.1) is 18.6 Å². The Bertz CT molecular complexity index is 565. The zero-order valence-electron chi connectivity index (χ0n) is 10.4. The molecule has 0 aliphatic carbocycles. The van der Waals surface area contributed by atoms with Gasteiger partial charge >= 0.3 is 0 Å². The smallest absolute Gasteiger partial charge is 0.199 e. The van der Waals surface area contributed by atoms with Crippen molar-refractivity contribution in [2.45, 2.75) is 6.61 Å². The molecule has 5 heteroatoms. The summed E-state index contributed by atoms with van der Waals surface area (Å²) in [7, 11) is 1.62. The number of carbonyl (C=O) groups is 1. The average Bonchev–Trinajstić information content (AvgIpc) is 2.85. The maximum Gasteiger partial charge on any atom is 0.199 e.